The molecule has 2 aliphatic carbocycles. The van der Waals surface area contributed by atoms with Crippen LogP contribution < -0.4 is 18.9 Å². The lowest BCUT2D eigenvalue weighted by Gasteiger charge is -2.54. The average Bonchev–Trinajstić information content (AvgIpc) is 1.25. The molecule has 14 aromatic rings. The molecule has 6 heterocycles. The minimum absolute atomic E-state index is 0.167. The predicted molar refractivity (Wildman–Crippen MR) is 389 cm³/mol. The Morgan fingerprint density at radius 3 is 0.814 bits per heavy atom. The van der Waals surface area contributed by atoms with Gasteiger partial charge in [-0.1, -0.05) is 315 Å². The van der Waals surface area contributed by atoms with E-state index in [1.165, 1.54) is 13.8 Å². The number of ether oxygens (including phenoxy) is 10. The molecule has 0 unspecified atom stereocenters. The average molecular weight is 1330 g/mol. The van der Waals surface area contributed by atoms with Crippen LogP contribution in [-0.4, -0.2) is 30.0 Å². The molecule has 2 saturated heterocycles. The molecule has 0 spiro atoms. The fourth-order valence-corrected chi connectivity index (χ4v) is 16.3. The third-order valence-corrected chi connectivity index (χ3v) is 20.4. The Kier molecular flexibility index (Phi) is 13.3. The van der Waals surface area contributed by atoms with Gasteiger partial charge in [0.25, 0.3) is 12.8 Å². The molecular formula is C89H60N2O11. The van der Waals surface area contributed by atoms with E-state index in [4.69, 9.17) is 57.4 Å². The summed E-state index contributed by atoms with van der Waals surface area (Å²) in [5, 5.41) is 7.80. The maximum absolute atomic E-state index is 9.44. The first kappa shape index (κ1) is 60.1. The molecule has 0 N–H and O–H groups in total. The molecule has 14 aromatic carbocycles. The van der Waals surface area contributed by atoms with Gasteiger partial charge in [0.1, 0.15) is 17.2 Å². The molecule has 492 valence electrons. The maximum Gasteiger partial charge on any atom is 0.313 e. The number of ketones is 1. The highest BCUT2D eigenvalue weighted by molar-refractivity contribution is 6.16. The zero-order valence-corrected chi connectivity index (χ0v) is 55.1. The molecule has 2 fully saturated rings. The summed E-state index contributed by atoms with van der Waals surface area (Å²) >= 11 is 0. The van der Waals surface area contributed by atoms with E-state index < -0.39 is 47.6 Å². The van der Waals surface area contributed by atoms with Crippen LogP contribution in [0.25, 0.3) is 65.3 Å². The molecule has 6 aliphatic heterocycles. The number of Topliss-reactive ketones (excluding diaryl/α,β-unsaturated/α-hetero) is 1. The molecule has 8 atom stereocenters. The molecule has 0 saturated carbocycles. The molecule has 102 heavy (non-hydrogen) atoms. The van der Waals surface area contributed by atoms with E-state index in [2.05, 4.69) is 72.8 Å². The van der Waals surface area contributed by atoms with Crippen molar-refractivity contribution in [2.24, 2.45) is 9.98 Å². The van der Waals surface area contributed by atoms with Gasteiger partial charge in [0.2, 0.25) is 11.6 Å². The molecular weight excluding hydrogens is 1270 g/mol. The standard InChI is InChI=1S/2C43H27NO5.C3H6O/c2*1-3-15-27(16-4-1)39-41(28-17-5-2-6-18-28)47-40(44-39)48-42-35-25-13-11-21-31(35)32-22-12-14-26-36(32)43(42,49-41)46-38-34-24-10-8-20-30(34)29-19-7-9-23-33(29)37(38)45-42;1-3(2)4/h2*1-26,40H;1-2H3/t2*40-,41+,42+,43-;/m11./s1. The molecule has 13 nitrogen and oxygen atoms in total. The first-order chi connectivity index (χ1) is 50.1. The Hall–Kier alpha value is -11.9. The highest BCUT2D eigenvalue weighted by Crippen LogP contribution is 2.69. The van der Waals surface area contributed by atoms with Crippen LogP contribution in [0, 0.1) is 0 Å². The van der Waals surface area contributed by atoms with Crippen LogP contribution in [0.15, 0.2) is 325 Å². The van der Waals surface area contributed by atoms with Crippen LogP contribution >= 0.6 is 0 Å². The van der Waals surface area contributed by atoms with E-state index in [9.17, 15) is 4.79 Å². The first-order valence-electron chi connectivity index (χ1n) is 34.1. The number of aliphatic imine (C=N–C) groups is 2. The lowest BCUT2D eigenvalue weighted by atomic mass is 9.75. The van der Waals surface area contributed by atoms with E-state index in [1.807, 2.05) is 243 Å². The molecule has 4 bridgehead atoms. The Balaban J connectivity index is 0.000000130. The fourth-order valence-electron chi connectivity index (χ4n) is 16.3. The SMILES string of the molecule is CC(C)=O.c1ccc(C2=N[C@@H]3O[C@@]2(c2ccccc2)O[C@@]24Oc5c(c6ccccc6c6ccccc56)O[C@]2(O3)c2ccccc2-c2ccccc24)cc1.c1ccc(C2=N[C@@H]3O[C@@]2(c2ccccc2)O[C@@]24Oc5c(c6ccccc6c6ccccc56)O[C@]2(O3)c2ccccc2-c2ccccc24)cc1. The topological polar surface area (TPSA) is 134 Å². The fraction of sp³-hybridized carbons (Fsp3) is 0.112. The van der Waals surface area contributed by atoms with Gasteiger partial charge in [0.15, 0.2) is 23.0 Å². The minimum atomic E-state index is -1.71. The van der Waals surface area contributed by atoms with Gasteiger partial charge in [-0.05, 0) is 57.6 Å². The number of rotatable bonds is 4. The molecule has 22 rings (SSSR count). The van der Waals surface area contributed by atoms with E-state index in [0.29, 0.717) is 34.4 Å². The highest BCUT2D eigenvalue weighted by atomic mass is 16.9. The number of hydrogen-bond acceptors (Lipinski definition) is 13. The summed E-state index contributed by atoms with van der Waals surface area (Å²) in [7, 11) is 0. The van der Waals surface area contributed by atoms with Gasteiger partial charge in [-0.2, -0.15) is 0 Å². The molecule has 8 aliphatic rings. The van der Waals surface area contributed by atoms with Gasteiger partial charge in [-0.15, -0.1) is 0 Å². The van der Waals surface area contributed by atoms with Crippen molar-refractivity contribution in [3.8, 4) is 45.3 Å². The Morgan fingerprint density at radius 1 is 0.275 bits per heavy atom. The maximum atomic E-state index is 9.44. The van der Waals surface area contributed by atoms with Gasteiger partial charge >= 0.3 is 23.1 Å². The van der Waals surface area contributed by atoms with Gasteiger partial charge in [0.05, 0.1) is 0 Å². The molecule has 0 aromatic heterocycles. The molecule has 0 amide bonds. The number of nitrogens with zero attached hydrogens (tertiary/aromatic N) is 2. The van der Waals surface area contributed by atoms with Crippen molar-refractivity contribution < 1.29 is 52.2 Å². The van der Waals surface area contributed by atoms with Crippen molar-refractivity contribution in [3.63, 3.8) is 0 Å². The highest BCUT2D eigenvalue weighted by Gasteiger charge is 2.77. The van der Waals surface area contributed by atoms with Gasteiger partial charge in [-0.25, -0.2) is 9.98 Å². The zero-order valence-electron chi connectivity index (χ0n) is 55.1. The van der Waals surface area contributed by atoms with Crippen LogP contribution in [0.1, 0.15) is 58.4 Å². The summed E-state index contributed by atoms with van der Waals surface area (Å²) in [6.07, 6.45) is -2.21. The third kappa shape index (κ3) is 8.40. The second kappa shape index (κ2) is 22.6. The van der Waals surface area contributed by atoms with Crippen molar-refractivity contribution in [2.75, 3.05) is 0 Å². The second-order valence-corrected chi connectivity index (χ2v) is 26.4. The summed E-state index contributed by atoms with van der Waals surface area (Å²) in [5.74, 6) is -7.41. The summed E-state index contributed by atoms with van der Waals surface area (Å²) in [4.78, 5) is 19.7. The van der Waals surface area contributed by atoms with Crippen molar-refractivity contribution in [1.29, 1.82) is 0 Å². The normalized spacial score (nSPS) is 25.0. The van der Waals surface area contributed by atoms with Crippen molar-refractivity contribution in [1.82, 2.24) is 0 Å². The van der Waals surface area contributed by atoms with Crippen LogP contribution in [0.3, 0.4) is 0 Å². The van der Waals surface area contributed by atoms with Crippen molar-refractivity contribution >= 4 is 60.3 Å². The Morgan fingerprint density at radius 2 is 0.510 bits per heavy atom. The number of benzene rings is 14. The first-order valence-corrected chi connectivity index (χ1v) is 34.1. The van der Waals surface area contributed by atoms with Gasteiger partial charge in [-0.3, -0.25) is 28.4 Å². The van der Waals surface area contributed by atoms with Gasteiger partial charge < -0.3 is 23.7 Å². The van der Waals surface area contributed by atoms with Gasteiger partial charge in [0, 0.05) is 66.1 Å². The Labute approximate surface area is 585 Å². The lowest BCUT2D eigenvalue weighted by molar-refractivity contribution is -0.402. The van der Waals surface area contributed by atoms with Crippen LogP contribution in [0.5, 0.6) is 23.0 Å². The van der Waals surface area contributed by atoms with Crippen LogP contribution in [0.4, 0.5) is 0 Å². The number of hydrogen-bond donors (Lipinski definition) is 0. The minimum Gasteiger partial charge on any atom is -0.446 e. The number of carbonyl (C=O) groups is 1. The third-order valence-electron chi connectivity index (χ3n) is 20.4. The summed E-state index contributed by atoms with van der Waals surface area (Å²) in [6.45, 7) is 3.06. The van der Waals surface area contributed by atoms with Crippen LogP contribution in [0.2, 0.25) is 0 Å². The van der Waals surface area contributed by atoms with E-state index in [1.54, 1.807) is 0 Å². The summed E-state index contributed by atoms with van der Waals surface area (Å²) < 4.78 is 73.8. The van der Waals surface area contributed by atoms with Crippen molar-refractivity contribution in [2.45, 2.75) is 61.4 Å². The van der Waals surface area contributed by atoms with E-state index in [-0.39, 0.29) is 5.78 Å². The Bertz CT molecular complexity index is 5500. The zero-order chi connectivity index (χ0) is 68.0. The number of carbonyl (C=O) groups excluding carboxylic acids is 1. The van der Waals surface area contributed by atoms with E-state index >= 15 is 0 Å². The predicted octanol–water partition coefficient (Wildman–Crippen LogP) is 18.9. The quantitative estimate of drug-likeness (QED) is 0.156. The summed E-state index contributed by atoms with van der Waals surface area (Å²) in [6, 6.07) is 105. The largest absolute Gasteiger partial charge is 0.446 e. The van der Waals surface area contributed by atoms with Crippen molar-refractivity contribution in [3.05, 3.63) is 360 Å². The monoisotopic (exact) mass is 1330 g/mol. The molecule has 0 radical (unpaired) electrons. The van der Waals surface area contributed by atoms with Crippen LogP contribution in [-0.2, 0) is 67.9 Å². The lowest BCUT2D eigenvalue weighted by Crippen LogP contribution is -2.65. The summed E-state index contributed by atoms with van der Waals surface area (Å²) in [5.41, 5.74) is 11.2. The molecule has 13 heteroatoms. The smallest absolute Gasteiger partial charge is 0.313 e. The number of fused-ring (bicyclic) bond motifs is 22. The van der Waals surface area contributed by atoms with E-state index in [0.717, 1.165) is 110 Å². The second-order valence-electron chi connectivity index (χ2n) is 26.4.